The molecule has 0 aliphatic heterocycles. The van der Waals surface area contributed by atoms with Gasteiger partial charge in [-0.2, -0.15) is 0 Å². The molecule has 0 atom stereocenters. The molecule has 1 aromatic carbocycles. The van der Waals surface area contributed by atoms with Gasteiger partial charge in [0.15, 0.2) is 0 Å². The molecule has 0 unspecified atom stereocenters. The molecule has 0 bridgehead atoms. The first-order valence-corrected chi connectivity index (χ1v) is 6.55. The minimum atomic E-state index is -0.499. The number of urea groups is 1. The van der Waals surface area contributed by atoms with E-state index in [0.29, 0.717) is 12.3 Å². The second kappa shape index (κ2) is 6.93. The van der Waals surface area contributed by atoms with Gasteiger partial charge in [-0.1, -0.05) is 32.9 Å². The number of ether oxygens (including phenoxy) is 1. The van der Waals surface area contributed by atoms with E-state index in [1.54, 1.807) is 18.2 Å². The van der Waals surface area contributed by atoms with E-state index in [1.165, 1.54) is 0 Å². The SMILES string of the molecule is Cc1cccc(OC(=O)CNC(=O)NCC(C)(C)C)c1. The molecule has 5 nitrogen and oxygen atoms in total. The molecule has 0 aliphatic rings. The Morgan fingerprint density at radius 3 is 2.50 bits per heavy atom. The predicted octanol–water partition coefficient (Wildman–Crippen LogP) is 2.25. The first-order valence-electron chi connectivity index (χ1n) is 6.55. The van der Waals surface area contributed by atoms with Gasteiger partial charge in [-0.3, -0.25) is 0 Å². The fourth-order valence-corrected chi connectivity index (χ4v) is 1.41. The number of esters is 1. The van der Waals surface area contributed by atoms with Crippen LogP contribution >= 0.6 is 0 Å². The summed E-state index contributed by atoms with van der Waals surface area (Å²) in [5.41, 5.74) is 1.01. The van der Waals surface area contributed by atoms with Crippen LogP contribution in [0.3, 0.4) is 0 Å². The van der Waals surface area contributed by atoms with Gasteiger partial charge in [0.2, 0.25) is 0 Å². The number of nitrogens with one attached hydrogen (secondary N) is 2. The van der Waals surface area contributed by atoms with E-state index in [2.05, 4.69) is 10.6 Å². The minimum absolute atomic E-state index is 0.000581. The monoisotopic (exact) mass is 278 g/mol. The highest BCUT2D eigenvalue weighted by atomic mass is 16.5. The van der Waals surface area contributed by atoms with Crippen molar-refractivity contribution >= 4 is 12.0 Å². The summed E-state index contributed by atoms with van der Waals surface area (Å²) >= 11 is 0. The number of aryl methyl sites for hydroxylation is 1. The summed E-state index contributed by atoms with van der Waals surface area (Å²) in [6, 6.07) is 6.81. The molecular weight excluding hydrogens is 256 g/mol. The van der Waals surface area contributed by atoms with Crippen molar-refractivity contribution in [1.82, 2.24) is 10.6 Å². The number of rotatable bonds is 4. The predicted molar refractivity (Wildman–Crippen MR) is 77.7 cm³/mol. The van der Waals surface area contributed by atoms with Gasteiger partial charge in [0.05, 0.1) is 0 Å². The molecule has 2 amide bonds. The summed E-state index contributed by atoms with van der Waals surface area (Å²) < 4.78 is 5.11. The Morgan fingerprint density at radius 2 is 1.90 bits per heavy atom. The molecule has 0 spiro atoms. The van der Waals surface area contributed by atoms with Crippen molar-refractivity contribution in [2.45, 2.75) is 27.7 Å². The minimum Gasteiger partial charge on any atom is -0.425 e. The zero-order valence-corrected chi connectivity index (χ0v) is 12.4. The van der Waals surface area contributed by atoms with Crippen LogP contribution in [-0.4, -0.2) is 25.1 Å². The molecule has 0 saturated carbocycles. The van der Waals surface area contributed by atoms with E-state index in [4.69, 9.17) is 4.74 Å². The Labute approximate surface area is 119 Å². The maximum atomic E-state index is 11.6. The lowest BCUT2D eigenvalue weighted by Gasteiger charge is -2.18. The Kier molecular flexibility index (Phi) is 5.55. The molecule has 20 heavy (non-hydrogen) atoms. The van der Waals surface area contributed by atoms with Gasteiger partial charge in [-0.25, -0.2) is 9.59 Å². The Morgan fingerprint density at radius 1 is 1.20 bits per heavy atom. The fourth-order valence-electron chi connectivity index (χ4n) is 1.41. The molecule has 0 radical (unpaired) electrons. The third-order valence-electron chi connectivity index (χ3n) is 2.39. The van der Waals surface area contributed by atoms with Crippen LogP contribution in [0.1, 0.15) is 26.3 Å². The molecule has 110 valence electrons. The third-order valence-corrected chi connectivity index (χ3v) is 2.39. The molecule has 1 aromatic rings. The highest BCUT2D eigenvalue weighted by molar-refractivity contribution is 5.81. The topological polar surface area (TPSA) is 67.4 Å². The van der Waals surface area contributed by atoms with Crippen molar-refractivity contribution in [3.63, 3.8) is 0 Å². The van der Waals surface area contributed by atoms with Crippen molar-refractivity contribution in [3.05, 3.63) is 29.8 Å². The Hall–Kier alpha value is -2.04. The van der Waals surface area contributed by atoms with Crippen molar-refractivity contribution in [2.24, 2.45) is 5.41 Å². The summed E-state index contributed by atoms with van der Waals surface area (Å²) in [6.07, 6.45) is 0. The van der Waals surface area contributed by atoms with Crippen LogP contribution in [0.25, 0.3) is 0 Å². The van der Waals surface area contributed by atoms with Crippen molar-refractivity contribution in [2.75, 3.05) is 13.1 Å². The maximum Gasteiger partial charge on any atom is 0.330 e. The first-order chi connectivity index (χ1) is 9.26. The van der Waals surface area contributed by atoms with E-state index in [-0.39, 0.29) is 18.0 Å². The standard InChI is InChI=1S/C15H22N2O3/c1-11-6-5-7-12(8-11)20-13(18)9-16-14(19)17-10-15(2,3)4/h5-8H,9-10H2,1-4H3,(H2,16,17,19). The lowest BCUT2D eigenvalue weighted by molar-refractivity contribution is -0.133. The lowest BCUT2D eigenvalue weighted by atomic mass is 9.97. The van der Waals surface area contributed by atoms with E-state index in [0.717, 1.165) is 5.56 Å². The van der Waals surface area contributed by atoms with Crippen LogP contribution in [0, 0.1) is 12.3 Å². The zero-order valence-electron chi connectivity index (χ0n) is 12.4. The van der Waals surface area contributed by atoms with Crippen molar-refractivity contribution < 1.29 is 14.3 Å². The summed E-state index contributed by atoms with van der Waals surface area (Å²) in [7, 11) is 0. The number of benzene rings is 1. The smallest absolute Gasteiger partial charge is 0.330 e. The average molecular weight is 278 g/mol. The van der Waals surface area contributed by atoms with Gasteiger partial charge >= 0.3 is 12.0 Å². The van der Waals surface area contributed by atoms with Crippen molar-refractivity contribution in [1.29, 1.82) is 0 Å². The maximum absolute atomic E-state index is 11.6. The molecule has 1 rings (SSSR count). The van der Waals surface area contributed by atoms with E-state index >= 15 is 0 Å². The van der Waals surface area contributed by atoms with Crippen LogP contribution in [-0.2, 0) is 4.79 Å². The largest absolute Gasteiger partial charge is 0.425 e. The second-order valence-electron chi connectivity index (χ2n) is 5.89. The molecule has 0 aliphatic carbocycles. The quantitative estimate of drug-likeness (QED) is 0.655. The normalized spacial score (nSPS) is 10.8. The van der Waals surface area contributed by atoms with E-state index in [9.17, 15) is 9.59 Å². The number of carbonyl (C=O) groups excluding carboxylic acids is 2. The summed E-state index contributed by atoms with van der Waals surface area (Å²) in [5.74, 6) is -0.0200. The molecule has 0 fully saturated rings. The number of hydrogen-bond acceptors (Lipinski definition) is 3. The van der Waals surface area contributed by atoms with Gasteiger partial charge in [0.1, 0.15) is 12.3 Å². The summed E-state index contributed by atoms with van der Waals surface area (Å²) in [5, 5.41) is 5.16. The Balaban J connectivity index is 2.31. The Bertz CT molecular complexity index is 478. The molecular formula is C15H22N2O3. The van der Waals surface area contributed by atoms with E-state index in [1.807, 2.05) is 33.8 Å². The summed E-state index contributed by atoms with van der Waals surface area (Å²) in [4.78, 5) is 23.0. The highest BCUT2D eigenvalue weighted by Gasteiger charge is 2.12. The van der Waals surface area contributed by atoms with E-state index < -0.39 is 5.97 Å². The number of carbonyl (C=O) groups is 2. The second-order valence-corrected chi connectivity index (χ2v) is 5.89. The highest BCUT2D eigenvalue weighted by Crippen LogP contribution is 2.12. The zero-order chi connectivity index (χ0) is 15.2. The fraction of sp³-hybridized carbons (Fsp3) is 0.467. The van der Waals surface area contributed by atoms with Gasteiger partial charge < -0.3 is 15.4 Å². The number of hydrogen-bond donors (Lipinski definition) is 2. The van der Waals surface area contributed by atoms with Crippen molar-refractivity contribution in [3.8, 4) is 5.75 Å². The molecule has 0 heterocycles. The first kappa shape index (κ1) is 16.0. The molecule has 5 heteroatoms. The van der Waals surface area contributed by atoms with Crippen LogP contribution in [0.2, 0.25) is 0 Å². The summed E-state index contributed by atoms with van der Waals surface area (Å²) in [6.45, 7) is 8.32. The van der Waals surface area contributed by atoms with Gasteiger partial charge in [0, 0.05) is 6.54 Å². The third kappa shape index (κ3) is 6.78. The van der Waals surface area contributed by atoms with Gasteiger partial charge in [-0.15, -0.1) is 0 Å². The van der Waals surface area contributed by atoms with Crippen LogP contribution in [0.5, 0.6) is 5.75 Å². The van der Waals surface area contributed by atoms with Gasteiger partial charge in [0.25, 0.3) is 0 Å². The average Bonchev–Trinajstić information content (AvgIpc) is 2.33. The molecule has 0 aromatic heterocycles. The number of amides is 2. The van der Waals surface area contributed by atoms with Crippen LogP contribution in [0.4, 0.5) is 4.79 Å². The van der Waals surface area contributed by atoms with Crippen LogP contribution < -0.4 is 15.4 Å². The van der Waals surface area contributed by atoms with Crippen LogP contribution in [0.15, 0.2) is 24.3 Å². The molecule has 0 saturated heterocycles. The lowest BCUT2D eigenvalue weighted by Crippen LogP contribution is -2.42. The molecule has 2 N–H and O–H groups in total. The van der Waals surface area contributed by atoms with Gasteiger partial charge in [-0.05, 0) is 30.0 Å².